The summed E-state index contributed by atoms with van der Waals surface area (Å²) in [7, 11) is 0. The molecule has 0 aromatic heterocycles. The van der Waals surface area contributed by atoms with E-state index in [-0.39, 0.29) is 16.7 Å². The van der Waals surface area contributed by atoms with E-state index < -0.39 is 5.51 Å². The predicted molar refractivity (Wildman–Crippen MR) is 75.0 cm³/mol. The van der Waals surface area contributed by atoms with Gasteiger partial charge in [0.05, 0.1) is 0 Å². The molecule has 110 valence electrons. The Kier molecular flexibility index (Phi) is 3.86. The molecule has 2 aliphatic rings. The molecule has 0 saturated carbocycles. The van der Waals surface area contributed by atoms with E-state index in [1.807, 2.05) is 0 Å². The van der Waals surface area contributed by atoms with Gasteiger partial charge in [0, 0.05) is 29.2 Å². The van der Waals surface area contributed by atoms with Crippen LogP contribution in [-0.4, -0.2) is 35.6 Å². The van der Waals surface area contributed by atoms with Crippen LogP contribution < -0.4 is 5.32 Å². The van der Waals surface area contributed by atoms with Crippen LogP contribution in [-0.2, 0) is 0 Å². The van der Waals surface area contributed by atoms with Gasteiger partial charge in [0.25, 0.3) is 0 Å². The molecular formula is C14H17F3N2S. The quantitative estimate of drug-likeness (QED) is 0.851. The Morgan fingerprint density at radius 3 is 2.55 bits per heavy atom. The standard InChI is InChI=1S/C14H17F3N2S/c15-14(16,17)20-11-5-3-10(4-6-11)18-12-7-9-19-8-1-2-13(12)19/h3-6,12-13,18H,1-2,7-9H2. The van der Waals surface area contributed by atoms with Gasteiger partial charge in [-0.3, -0.25) is 4.90 Å². The maximum absolute atomic E-state index is 12.3. The van der Waals surface area contributed by atoms with Gasteiger partial charge in [0.1, 0.15) is 0 Å². The number of rotatable bonds is 3. The summed E-state index contributed by atoms with van der Waals surface area (Å²) in [6.07, 6.45) is 3.59. The fourth-order valence-electron chi connectivity index (χ4n) is 3.22. The number of nitrogens with one attached hydrogen (secondary N) is 1. The zero-order valence-electron chi connectivity index (χ0n) is 11.0. The molecule has 0 bridgehead atoms. The molecule has 2 unspecified atom stereocenters. The van der Waals surface area contributed by atoms with Crippen molar-refractivity contribution in [2.75, 3.05) is 18.4 Å². The molecule has 2 heterocycles. The SMILES string of the molecule is FC(F)(F)Sc1ccc(NC2CCN3CCCC23)cc1. The van der Waals surface area contributed by atoms with E-state index in [0.717, 1.165) is 18.7 Å². The van der Waals surface area contributed by atoms with Crippen LogP contribution in [0.5, 0.6) is 0 Å². The third-order valence-corrected chi connectivity index (χ3v) is 4.79. The minimum Gasteiger partial charge on any atom is -0.381 e. The molecule has 2 nitrogen and oxygen atoms in total. The summed E-state index contributed by atoms with van der Waals surface area (Å²) in [5.74, 6) is 0. The van der Waals surface area contributed by atoms with E-state index in [9.17, 15) is 13.2 Å². The second-order valence-electron chi connectivity index (χ2n) is 5.36. The molecular weight excluding hydrogens is 285 g/mol. The minimum absolute atomic E-state index is 0.0684. The van der Waals surface area contributed by atoms with Crippen LogP contribution in [0.15, 0.2) is 29.2 Å². The lowest BCUT2D eigenvalue weighted by Gasteiger charge is -2.22. The zero-order chi connectivity index (χ0) is 14.2. The number of alkyl halides is 3. The first kappa shape index (κ1) is 14.1. The lowest BCUT2D eigenvalue weighted by Crippen LogP contribution is -2.33. The number of hydrogen-bond acceptors (Lipinski definition) is 3. The van der Waals surface area contributed by atoms with E-state index in [4.69, 9.17) is 0 Å². The highest BCUT2D eigenvalue weighted by Gasteiger charge is 2.37. The van der Waals surface area contributed by atoms with Crippen molar-refractivity contribution in [1.82, 2.24) is 4.90 Å². The summed E-state index contributed by atoms with van der Waals surface area (Å²) in [4.78, 5) is 2.74. The second kappa shape index (κ2) is 5.48. The summed E-state index contributed by atoms with van der Waals surface area (Å²) in [6, 6.07) is 7.57. The van der Waals surface area contributed by atoms with Crippen LogP contribution in [0.3, 0.4) is 0 Å². The molecule has 0 radical (unpaired) electrons. The third-order valence-electron chi connectivity index (χ3n) is 4.05. The van der Waals surface area contributed by atoms with Crippen LogP contribution in [0.1, 0.15) is 19.3 Å². The molecule has 20 heavy (non-hydrogen) atoms. The van der Waals surface area contributed by atoms with Crippen molar-refractivity contribution in [1.29, 1.82) is 0 Å². The van der Waals surface area contributed by atoms with E-state index in [1.54, 1.807) is 12.1 Å². The van der Waals surface area contributed by atoms with E-state index >= 15 is 0 Å². The Bertz CT molecular complexity index is 460. The van der Waals surface area contributed by atoms with Crippen LogP contribution in [0.4, 0.5) is 18.9 Å². The first-order valence-corrected chi connectivity index (χ1v) is 7.69. The number of anilines is 1. The monoisotopic (exact) mass is 302 g/mol. The molecule has 0 aliphatic carbocycles. The highest BCUT2D eigenvalue weighted by molar-refractivity contribution is 8.00. The molecule has 2 atom stereocenters. The van der Waals surface area contributed by atoms with Crippen LogP contribution in [0.2, 0.25) is 0 Å². The molecule has 6 heteroatoms. The predicted octanol–water partition coefficient (Wildman–Crippen LogP) is 3.95. The highest BCUT2D eigenvalue weighted by Crippen LogP contribution is 2.37. The summed E-state index contributed by atoms with van der Waals surface area (Å²) in [6.45, 7) is 2.31. The summed E-state index contributed by atoms with van der Waals surface area (Å²) < 4.78 is 36.8. The fourth-order valence-corrected chi connectivity index (χ4v) is 3.76. The maximum atomic E-state index is 12.3. The number of hydrogen-bond donors (Lipinski definition) is 1. The Balaban J connectivity index is 1.61. The molecule has 0 amide bonds. The van der Waals surface area contributed by atoms with Crippen molar-refractivity contribution in [3.63, 3.8) is 0 Å². The van der Waals surface area contributed by atoms with Gasteiger partial charge in [0.2, 0.25) is 0 Å². The van der Waals surface area contributed by atoms with Crippen molar-refractivity contribution >= 4 is 17.4 Å². The van der Waals surface area contributed by atoms with E-state index in [2.05, 4.69) is 10.2 Å². The van der Waals surface area contributed by atoms with Crippen LogP contribution in [0, 0.1) is 0 Å². The van der Waals surface area contributed by atoms with Gasteiger partial charge >= 0.3 is 5.51 Å². The van der Waals surface area contributed by atoms with Gasteiger partial charge in [-0.05, 0) is 61.8 Å². The van der Waals surface area contributed by atoms with Crippen molar-refractivity contribution in [2.45, 2.75) is 41.7 Å². The van der Waals surface area contributed by atoms with Gasteiger partial charge < -0.3 is 5.32 Å². The number of thioether (sulfide) groups is 1. The van der Waals surface area contributed by atoms with Crippen LogP contribution >= 0.6 is 11.8 Å². The second-order valence-corrected chi connectivity index (χ2v) is 6.50. The lowest BCUT2D eigenvalue weighted by molar-refractivity contribution is -0.0328. The summed E-state index contributed by atoms with van der Waals surface area (Å²) in [5.41, 5.74) is -3.31. The average Bonchev–Trinajstić information content (AvgIpc) is 2.94. The minimum atomic E-state index is -4.22. The number of halogens is 3. The molecule has 2 saturated heterocycles. The van der Waals surface area contributed by atoms with Crippen molar-refractivity contribution in [2.24, 2.45) is 0 Å². The van der Waals surface area contributed by atoms with Gasteiger partial charge in [-0.25, -0.2) is 0 Å². The smallest absolute Gasteiger partial charge is 0.381 e. The van der Waals surface area contributed by atoms with E-state index in [0.29, 0.717) is 12.1 Å². The number of nitrogens with zero attached hydrogens (tertiary/aromatic N) is 1. The number of fused-ring (bicyclic) bond motifs is 1. The maximum Gasteiger partial charge on any atom is 0.446 e. The summed E-state index contributed by atoms with van der Waals surface area (Å²) in [5, 5.41) is 3.47. The first-order valence-electron chi connectivity index (χ1n) is 6.88. The molecule has 1 aromatic rings. The Labute approximate surface area is 120 Å². The molecule has 2 fully saturated rings. The van der Waals surface area contributed by atoms with Gasteiger partial charge in [-0.15, -0.1) is 0 Å². The summed E-state index contributed by atoms with van der Waals surface area (Å²) >= 11 is -0.0684. The Morgan fingerprint density at radius 1 is 1.10 bits per heavy atom. The van der Waals surface area contributed by atoms with Gasteiger partial charge in [-0.2, -0.15) is 13.2 Å². The molecule has 2 aliphatic heterocycles. The Hall–Kier alpha value is -0.880. The fraction of sp³-hybridized carbons (Fsp3) is 0.571. The molecule has 3 rings (SSSR count). The zero-order valence-corrected chi connectivity index (χ0v) is 11.8. The third kappa shape index (κ3) is 3.23. The molecule has 0 spiro atoms. The van der Waals surface area contributed by atoms with Crippen molar-refractivity contribution in [3.05, 3.63) is 24.3 Å². The highest BCUT2D eigenvalue weighted by atomic mass is 32.2. The van der Waals surface area contributed by atoms with Crippen molar-refractivity contribution < 1.29 is 13.2 Å². The number of benzene rings is 1. The van der Waals surface area contributed by atoms with Gasteiger partial charge in [-0.1, -0.05) is 0 Å². The topological polar surface area (TPSA) is 15.3 Å². The Morgan fingerprint density at radius 2 is 1.85 bits per heavy atom. The lowest BCUT2D eigenvalue weighted by atomic mass is 10.1. The first-order chi connectivity index (χ1) is 9.51. The van der Waals surface area contributed by atoms with Gasteiger partial charge in [0.15, 0.2) is 0 Å². The van der Waals surface area contributed by atoms with E-state index in [1.165, 1.54) is 31.5 Å². The molecule has 1 aromatic carbocycles. The average molecular weight is 302 g/mol. The normalized spacial score (nSPS) is 26.8. The van der Waals surface area contributed by atoms with Crippen molar-refractivity contribution in [3.8, 4) is 0 Å². The largest absolute Gasteiger partial charge is 0.446 e. The molecule has 1 N–H and O–H groups in total. The van der Waals surface area contributed by atoms with Crippen LogP contribution in [0.25, 0.3) is 0 Å².